The monoisotopic (exact) mass is 243 g/mol. The minimum Gasteiger partial charge on any atom is -0.493 e. The normalized spacial score (nSPS) is 10.2. The van der Waals surface area contributed by atoms with E-state index in [0.29, 0.717) is 24.0 Å². The van der Waals surface area contributed by atoms with E-state index in [2.05, 4.69) is 17.1 Å². The van der Waals surface area contributed by atoms with Crippen LogP contribution in [0.4, 0.5) is 11.6 Å². The zero-order chi connectivity index (χ0) is 12.8. The van der Waals surface area contributed by atoms with Gasteiger partial charge in [-0.15, -0.1) is 0 Å². The highest BCUT2D eigenvalue weighted by Crippen LogP contribution is 2.17. The van der Waals surface area contributed by atoms with E-state index in [0.717, 1.165) is 12.8 Å². The fourth-order valence-electron chi connectivity index (χ4n) is 1.74. The molecule has 94 valence electrons. The Bertz CT molecular complexity index is 479. The third kappa shape index (κ3) is 3.66. The lowest BCUT2D eigenvalue weighted by atomic mass is 10.1. The predicted octanol–water partition coefficient (Wildman–Crippen LogP) is 2.26. The number of nitrogens with zero attached hydrogens (tertiary/aromatic N) is 1. The predicted molar refractivity (Wildman–Crippen MR) is 73.3 cm³/mol. The van der Waals surface area contributed by atoms with Crippen LogP contribution in [0, 0.1) is 0 Å². The maximum atomic E-state index is 5.59. The van der Waals surface area contributed by atoms with E-state index >= 15 is 0 Å². The van der Waals surface area contributed by atoms with Crippen molar-refractivity contribution < 1.29 is 4.74 Å². The van der Waals surface area contributed by atoms with Gasteiger partial charge in [-0.3, -0.25) is 0 Å². The lowest BCUT2D eigenvalue weighted by molar-refractivity contribution is 0.311. The Kier molecular flexibility index (Phi) is 4.02. The highest BCUT2D eigenvalue weighted by molar-refractivity contribution is 5.46. The summed E-state index contributed by atoms with van der Waals surface area (Å²) in [6, 6.07) is 13.7. The van der Waals surface area contributed by atoms with Gasteiger partial charge in [0.1, 0.15) is 17.4 Å². The molecule has 4 nitrogen and oxygen atoms in total. The van der Waals surface area contributed by atoms with E-state index in [1.807, 2.05) is 18.2 Å². The summed E-state index contributed by atoms with van der Waals surface area (Å²) >= 11 is 0. The summed E-state index contributed by atoms with van der Waals surface area (Å²) in [5.41, 5.74) is 12.5. The molecule has 18 heavy (non-hydrogen) atoms. The average Bonchev–Trinajstić information content (AvgIpc) is 2.35. The molecule has 0 unspecified atom stereocenters. The van der Waals surface area contributed by atoms with E-state index in [4.69, 9.17) is 16.2 Å². The largest absolute Gasteiger partial charge is 0.493 e. The average molecular weight is 243 g/mol. The van der Waals surface area contributed by atoms with Crippen molar-refractivity contribution in [3.05, 3.63) is 48.0 Å². The molecule has 0 aliphatic heterocycles. The zero-order valence-corrected chi connectivity index (χ0v) is 10.2. The maximum Gasteiger partial charge on any atom is 0.129 e. The number of hydrogen-bond donors (Lipinski definition) is 2. The summed E-state index contributed by atoms with van der Waals surface area (Å²) in [6.45, 7) is 0.637. The van der Waals surface area contributed by atoms with Crippen molar-refractivity contribution in [1.82, 2.24) is 4.98 Å². The van der Waals surface area contributed by atoms with Crippen LogP contribution in [-0.2, 0) is 6.42 Å². The number of pyridine rings is 1. The Balaban J connectivity index is 1.78. The van der Waals surface area contributed by atoms with Gasteiger partial charge in [-0.05, 0) is 18.4 Å². The fourth-order valence-corrected chi connectivity index (χ4v) is 1.74. The number of nitrogens with two attached hydrogens (primary N) is 2. The Morgan fingerprint density at radius 1 is 1.00 bits per heavy atom. The number of anilines is 2. The minimum atomic E-state index is 0.382. The van der Waals surface area contributed by atoms with Gasteiger partial charge < -0.3 is 16.2 Å². The molecular formula is C14H17N3O. The van der Waals surface area contributed by atoms with Crippen molar-refractivity contribution in [3.8, 4) is 5.75 Å². The maximum absolute atomic E-state index is 5.59. The number of benzene rings is 1. The van der Waals surface area contributed by atoms with Crippen LogP contribution in [0.1, 0.15) is 12.0 Å². The Labute approximate surface area is 107 Å². The smallest absolute Gasteiger partial charge is 0.129 e. The Morgan fingerprint density at radius 2 is 1.67 bits per heavy atom. The molecular weight excluding hydrogens is 226 g/mol. The van der Waals surface area contributed by atoms with Crippen LogP contribution >= 0.6 is 0 Å². The van der Waals surface area contributed by atoms with Gasteiger partial charge in [0.2, 0.25) is 0 Å². The molecule has 0 aliphatic rings. The number of aromatic nitrogens is 1. The Hall–Kier alpha value is -2.23. The van der Waals surface area contributed by atoms with Crippen molar-refractivity contribution in [2.75, 3.05) is 18.1 Å². The number of hydrogen-bond acceptors (Lipinski definition) is 4. The summed E-state index contributed by atoms with van der Waals surface area (Å²) < 4.78 is 5.59. The van der Waals surface area contributed by atoms with Crippen LogP contribution in [0.25, 0.3) is 0 Å². The van der Waals surface area contributed by atoms with E-state index in [9.17, 15) is 0 Å². The molecule has 0 saturated heterocycles. The molecule has 1 heterocycles. The molecule has 0 aliphatic carbocycles. The molecule has 0 amide bonds. The molecule has 2 aromatic rings. The summed E-state index contributed by atoms with van der Waals surface area (Å²) in [5.74, 6) is 1.44. The quantitative estimate of drug-likeness (QED) is 0.790. The first-order chi connectivity index (χ1) is 8.74. The molecule has 2 rings (SSSR count). The SMILES string of the molecule is Nc1cc(OCCCc2ccccc2)cc(N)n1. The van der Waals surface area contributed by atoms with E-state index in [1.165, 1.54) is 5.56 Å². The molecule has 4 heteroatoms. The van der Waals surface area contributed by atoms with Crippen LogP contribution in [-0.4, -0.2) is 11.6 Å². The van der Waals surface area contributed by atoms with Crippen LogP contribution in [0.2, 0.25) is 0 Å². The first-order valence-electron chi connectivity index (χ1n) is 5.94. The van der Waals surface area contributed by atoms with E-state index < -0.39 is 0 Å². The third-order valence-electron chi connectivity index (χ3n) is 2.56. The number of ether oxygens (including phenoxy) is 1. The number of aryl methyl sites for hydroxylation is 1. The van der Waals surface area contributed by atoms with E-state index in [1.54, 1.807) is 12.1 Å². The molecule has 0 spiro atoms. The summed E-state index contributed by atoms with van der Waals surface area (Å²) in [4.78, 5) is 3.89. The van der Waals surface area contributed by atoms with Crippen LogP contribution < -0.4 is 16.2 Å². The van der Waals surface area contributed by atoms with Gasteiger partial charge in [0, 0.05) is 12.1 Å². The molecule has 0 saturated carbocycles. The molecule has 0 bridgehead atoms. The van der Waals surface area contributed by atoms with Gasteiger partial charge in [0.15, 0.2) is 0 Å². The molecule has 0 radical (unpaired) electrons. The van der Waals surface area contributed by atoms with Crippen LogP contribution in [0.5, 0.6) is 5.75 Å². The van der Waals surface area contributed by atoms with Crippen molar-refractivity contribution in [1.29, 1.82) is 0 Å². The fraction of sp³-hybridized carbons (Fsp3) is 0.214. The second-order valence-electron chi connectivity index (χ2n) is 4.09. The van der Waals surface area contributed by atoms with Crippen molar-refractivity contribution in [2.24, 2.45) is 0 Å². The molecule has 4 N–H and O–H groups in total. The van der Waals surface area contributed by atoms with Crippen molar-refractivity contribution in [3.63, 3.8) is 0 Å². The number of nitrogen functional groups attached to an aromatic ring is 2. The molecule has 0 fully saturated rings. The first kappa shape index (κ1) is 12.2. The second-order valence-corrected chi connectivity index (χ2v) is 4.09. The van der Waals surface area contributed by atoms with Gasteiger partial charge in [-0.2, -0.15) is 0 Å². The number of rotatable bonds is 5. The van der Waals surface area contributed by atoms with Gasteiger partial charge in [0.05, 0.1) is 6.61 Å². The zero-order valence-electron chi connectivity index (χ0n) is 10.2. The van der Waals surface area contributed by atoms with Gasteiger partial charge in [-0.25, -0.2) is 4.98 Å². The van der Waals surface area contributed by atoms with Crippen molar-refractivity contribution in [2.45, 2.75) is 12.8 Å². The topological polar surface area (TPSA) is 74.2 Å². The summed E-state index contributed by atoms with van der Waals surface area (Å²) in [5, 5.41) is 0. The lowest BCUT2D eigenvalue weighted by Gasteiger charge is -2.07. The third-order valence-corrected chi connectivity index (χ3v) is 2.56. The van der Waals surface area contributed by atoms with Crippen molar-refractivity contribution >= 4 is 11.6 Å². The standard InChI is InChI=1S/C14H17N3O/c15-13-9-12(10-14(16)17-13)18-8-4-7-11-5-2-1-3-6-11/h1-3,5-6,9-10H,4,7-8H2,(H4,15,16,17). The Morgan fingerprint density at radius 3 is 2.33 bits per heavy atom. The summed E-state index contributed by atoms with van der Waals surface area (Å²) in [7, 11) is 0. The van der Waals surface area contributed by atoms with Gasteiger partial charge in [0.25, 0.3) is 0 Å². The highest BCUT2D eigenvalue weighted by Gasteiger charge is 1.99. The van der Waals surface area contributed by atoms with Crippen LogP contribution in [0.15, 0.2) is 42.5 Å². The van der Waals surface area contributed by atoms with Crippen LogP contribution in [0.3, 0.4) is 0 Å². The molecule has 1 aromatic heterocycles. The highest BCUT2D eigenvalue weighted by atomic mass is 16.5. The van der Waals surface area contributed by atoms with Gasteiger partial charge in [-0.1, -0.05) is 30.3 Å². The molecule has 0 atom stereocenters. The van der Waals surface area contributed by atoms with E-state index in [-0.39, 0.29) is 0 Å². The first-order valence-corrected chi connectivity index (χ1v) is 5.94. The summed E-state index contributed by atoms with van der Waals surface area (Å²) in [6.07, 6.45) is 1.95. The minimum absolute atomic E-state index is 0.382. The molecule has 1 aromatic carbocycles. The van der Waals surface area contributed by atoms with Gasteiger partial charge >= 0.3 is 0 Å². The second kappa shape index (κ2) is 5.91. The lowest BCUT2D eigenvalue weighted by Crippen LogP contribution is -2.02.